The highest BCUT2D eigenvalue weighted by atomic mass is 32.2. The van der Waals surface area contributed by atoms with Crippen molar-refractivity contribution in [3.63, 3.8) is 0 Å². The molecule has 0 spiro atoms. The highest BCUT2D eigenvalue weighted by molar-refractivity contribution is 8.01. The molecule has 1 atom stereocenters. The van der Waals surface area contributed by atoms with Crippen molar-refractivity contribution in [2.24, 2.45) is 0 Å². The van der Waals surface area contributed by atoms with Crippen molar-refractivity contribution >= 4 is 23.5 Å². The van der Waals surface area contributed by atoms with Crippen LogP contribution in [0.3, 0.4) is 0 Å². The van der Waals surface area contributed by atoms with Crippen LogP contribution in [0.1, 0.15) is 28.7 Å². The van der Waals surface area contributed by atoms with Gasteiger partial charge >= 0.3 is 6.18 Å². The number of nitrogens with one attached hydrogen (secondary N) is 2. The first-order chi connectivity index (χ1) is 13.6. The average Bonchev–Trinajstić information content (AvgIpc) is 2.66. The summed E-state index contributed by atoms with van der Waals surface area (Å²) in [5, 5.41) is 6.78. The second kappa shape index (κ2) is 9.68. The topological polar surface area (TPSA) is 66.9 Å². The largest absolute Gasteiger partial charge is 0.451 e. The fraction of sp³-hybridized carbons (Fsp3) is 0.278. The Bertz CT molecular complexity index is 904. The summed E-state index contributed by atoms with van der Waals surface area (Å²) in [5.41, 5.74) is -0.404. The molecule has 1 amide bonds. The number of benzene rings is 1. The quantitative estimate of drug-likeness (QED) is 0.636. The van der Waals surface area contributed by atoms with Crippen molar-refractivity contribution < 1.29 is 26.7 Å². The highest BCUT2D eigenvalue weighted by Gasteiger charge is 2.35. The number of carbonyl (C=O) groups is 1. The van der Waals surface area contributed by atoms with Gasteiger partial charge in [0.2, 0.25) is 5.82 Å². The summed E-state index contributed by atoms with van der Waals surface area (Å²) in [5.74, 6) is -4.11. The van der Waals surface area contributed by atoms with Crippen molar-refractivity contribution in [3.8, 4) is 0 Å². The fourth-order valence-electron chi connectivity index (χ4n) is 2.21. The van der Waals surface area contributed by atoms with Gasteiger partial charge in [-0.2, -0.15) is 13.2 Å². The van der Waals surface area contributed by atoms with Gasteiger partial charge in [-0.05, 0) is 36.8 Å². The smallest absolute Gasteiger partial charge is 0.365 e. The van der Waals surface area contributed by atoms with Crippen LogP contribution in [-0.4, -0.2) is 28.2 Å². The van der Waals surface area contributed by atoms with E-state index < -0.39 is 41.4 Å². The third kappa shape index (κ3) is 6.41. The van der Waals surface area contributed by atoms with Crippen molar-refractivity contribution in [2.45, 2.75) is 25.7 Å². The molecule has 2 N–H and O–H groups in total. The predicted molar refractivity (Wildman–Crippen MR) is 100 cm³/mol. The molecule has 0 bridgehead atoms. The molecule has 5 nitrogen and oxygen atoms in total. The summed E-state index contributed by atoms with van der Waals surface area (Å²) in [4.78, 5) is 19.0. The number of halogens is 5. The summed E-state index contributed by atoms with van der Waals surface area (Å²) in [6.07, 6.45) is -0.602. The minimum atomic E-state index is -4.84. The lowest BCUT2D eigenvalue weighted by molar-refractivity contribution is -0.144. The van der Waals surface area contributed by atoms with Crippen LogP contribution < -0.4 is 10.6 Å². The standard InChI is InChI=1S/C18H17F5N4OS/c1-10(5-6-29-2)26-16(28)13-9-25-17(18(21,22)23)27-15(13)24-8-11-7-12(19)3-4-14(11)20/h3-7,9-10H,8H2,1-2H3,(H,26,28)(H,24,25,27)/b6-5+. The summed E-state index contributed by atoms with van der Waals surface area (Å²) < 4.78 is 66.0. The molecule has 0 aliphatic heterocycles. The first-order valence-electron chi connectivity index (χ1n) is 8.24. The Kier molecular flexibility index (Phi) is 7.54. The van der Waals surface area contributed by atoms with Gasteiger partial charge in [0.1, 0.15) is 23.0 Å². The SMILES string of the molecule is CS/C=C/C(C)NC(=O)c1cnc(C(F)(F)F)nc1NCc1cc(F)ccc1F. The minimum absolute atomic E-state index is 0.139. The molecule has 0 saturated carbocycles. The van der Waals surface area contributed by atoms with Crippen LogP contribution in [0.25, 0.3) is 0 Å². The van der Waals surface area contributed by atoms with Crippen LogP contribution >= 0.6 is 11.8 Å². The Morgan fingerprint density at radius 1 is 1.31 bits per heavy atom. The number of amides is 1. The van der Waals surface area contributed by atoms with Gasteiger partial charge in [0, 0.05) is 24.3 Å². The monoisotopic (exact) mass is 432 g/mol. The molecule has 1 aromatic heterocycles. The van der Waals surface area contributed by atoms with Crippen LogP contribution in [0.15, 0.2) is 35.9 Å². The van der Waals surface area contributed by atoms with Gasteiger partial charge in [0.15, 0.2) is 0 Å². The maximum Gasteiger partial charge on any atom is 0.451 e. The van der Waals surface area contributed by atoms with E-state index in [9.17, 15) is 26.7 Å². The van der Waals surface area contributed by atoms with E-state index in [2.05, 4.69) is 20.6 Å². The summed E-state index contributed by atoms with van der Waals surface area (Å²) in [6.45, 7) is 1.28. The van der Waals surface area contributed by atoms with Crippen LogP contribution in [0.5, 0.6) is 0 Å². The normalized spacial score (nSPS) is 12.8. The zero-order chi connectivity index (χ0) is 21.6. The molecule has 0 fully saturated rings. The second-order valence-corrected chi connectivity index (χ2v) is 6.61. The van der Waals surface area contributed by atoms with E-state index in [1.807, 2.05) is 6.26 Å². The molecule has 29 heavy (non-hydrogen) atoms. The molecule has 2 aromatic rings. The Hall–Kier alpha value is -2.69. The number of aromatic nitrogens is 2. The Labute approximate surface area is 167 Å². The number of nitrogens with zero attached hydrogens (tertiary/aromatic N) is 2. The molecule has 1 aromatic carbocycles. The van der Waals surface area contributed by atoms with Gasteiger partial charge < -0.3 is 10.6 Å². The molecule has 156 valence electrons. The van der Waals surface area contributed by atoms with E-state index >= 15 is 0 Å². The minimum Gasteiger partial charge on any atom is -0.365 e. The number of hydrogen-bond donors (Lipinski definition) is 2. The van der Waals surface area contributed by atoms with Crippen LogP contribution in [0.2, 0.25) is 0 Å². The number of rotatable bonds is 7. The van der Waals surface area contributed by atoms with Crippen LogP contribution in [-0.2, 0) is 12.7 Å². The van der Waals surface area contributed by atoms with Gasteiger partial charge in [0.25, 0.3) is 5.91 Å². The summed E-state index contributed by atoms with van der Waals surface area (Å²) >= 11 is 1.41. The first-order valence-corrected chi connectivity index (χ1v) is 9.53. The average molecular weight is 432 g/mol. The van der Waals surface area contributed by atoms with Gasteiger partial charge in [-0.1, -0.05) is 6.08 Å². The number of anilines is 1. The Morgan fingerprint density at radius 2 is 2.03 bits per heavy atom. The van der Waals surface area contributed by atoms with Gasteiger partial charge in [-0.3, -0.25) is 4.79 Å². The Balaban J connectivity index is 2.32. The Morgan fingerprint density at radius 3 is 2.69 bits per heavy atom. The highest BCUT2D eigenvalue weighted by Crippen LogP contribution is 2.28. The van der Waals surface area contributed by atoms with E-state index in [4.69, 9.17) is 0 Å². The van der Waals surface area contributed by atoms with Crippen molar-refractivity contribution in [2.75, 3.05) is 11.6 Å². The lowest BCUT2D eigenvalue weighted by Gasteiger charge is -2.15. The molecule has 0 aliphatic rings. The van der Waals surface area contributed by atoms with E-state index in [0.717, 1.165) is 24.4 Å². The molecular formula is C18H17F5N4OS. The van der Waals surface area contributed by atoms with Gasteiger partial charge in [0.05, 0.1) is 0 Å². The van der Waals surface area contributed by atoms with Gasteiger partial charge in [-0.15, -0.1) is 11.8 Å². The first kappa shape index (κ1) is 22.6. The molecule has 1 heterocycles. The molecule has 1 unspecified atom stereocenters. The second-order valence-electron chi connectivity index (χ2n) is 5.87. The number of hydrogen-bond acceptors (Lipinski definition) is 5. The number of alkyl halides is 3. The van der Waals surface area contributed by atoms with Crippen molar-refractivity contribution in [1.29, 1.82) is 0 Å². The number of thioether (sulfide) groups is 1. The zero-order valence-electron chi connectivity index (χ0n) is 15.3. The van der Waals surface area contributed by atoms with Gasteiger partial charge in [-0.25, -0.2) is 18.7 Å². The fourth-order valence-corrected chi connectivity index (χ4v) is 2.60. The molecule has 0 radical (unpaired) electrons. The summed E-state index contributed by atoms with van der Waals surface area (Å²) in [6, 6.07) is 2.28. The molecule has 0 aliphatic carbocycles. The molecule has 11 heteroatoms. The van der Waals surface area contributed by atoms with Crippen molar-refractivity contribution in [3.05, 3.63) is 64.5 Å². The number of carbonyl (C=O) groups excluding carboxylic acids is 1. The van der Waals surface area contributed by atoms with Crippen molar-refractivity contribution in [1.82, 2.24) is 15.3 Å². The molecule has 0 saturated heterocycles. The maximum absolute atomic E-state index is 13.8. The molecular weight excluding hydrogens is 415 g/mol. The lowest BCUT2D eigenvalue weighted by Crippen LogP contribution is -2.32. The van der Waals surface area contributed by atoms with E-state index in [1.165, 1.54) is 11.8 Å². The van der Waals surface area contributed by atoms with E-state index in [0.29, 0.717) is 0 Å². The van der Waals surface area contributed by atoms with E-state index in [-0.39, 0.29) is 17.7 Å². The lowest BCUT2D eigenvalue weighted by atomic mass is 10.2. The predicted octanol–water partition coefficient (Wildman–Crippen LogP) is 4.38. The van der Waals surface area contributed by atoms with E-state index in [1.54, 1.807) is 18.4 Å². The zero-order valence-corrected chi connectivity index (χ0v) is 16.2. The van der Waals surface area contributed by atoms with Crippen LogP contribution in [0, 0.1) is 11.6 Å². The third-order valence-electron chi connectivity index (χ3n) is 3.60. The third-order valence-corrected chi connectivity index (χ3v) is 4.03. The molecule has 2 rings (SSSR count). The maximum atomic E-state index is 13.8. The summed E-state index contributed by atoms with van der Waals surface area (Å²) in [7, 11) is 0. The van der Waals surface area contributed by atoms with Crippen LogP contribution in [0.4, 0.5) is 27.8 Å².